The predicted molar refractivity (Wildman–Crippen MR) is 76.4 cm³/mol. The van der Waals surface area contributed by atoms with E-state index in [0.717, 1.165) is 11.6 Å². The van der Waals surface area contributed by atoms with Crippen LogP contribution in [0, 0.1) is 0 Å². The highest BCUT2D eigenvalue weighted by atomic mass is 16.5. The van der Waals surface area contributed by atoms with Gasteiger partial charge in [0.2, 0.25) is 5.78 Å². The van der Waals surface area contributed by atoms with Crippen LogP contribution in [0.5, 0.6) is 5.75 Å². The summed E-state index contributed by atoms with van der Waals surface area (Å²) < 4.78 is 15.4. The molecule has 0 unspecified atom stereocenters. The third-order valence-electron chi connectivity index (χ3n) is 3.00. The summed E-state index contributed by atoms with van der Waals surface area (Å²) in [6.45, 7) is 3.60. The fraction of sp³-hybridized carbons (Fsp3) is 0.250. The van der Waals surface area contributed by atoms with Crippen molar-refractivity contribution in [2.24, 2.45) is 0 Å². The van der Waals surface area contributed by atoms with Gasteiger partial charge in [0.25, 0.3) is 0 Å². The third-order valence-corrected chi connectivity index (χ3v) is 3.00. The molecule has 0 N–H and O–H groups in total. The maximum absolute atomic E-state index is 12.1. The second-order valence-electron chi connectivity index (χ2n) is 4.37. The van der Waals surface area contributed by atoms with Crippen molar-refractivity contribution in [3.8, 4) is 5.75 Å². The summed E-state index contributed by atoms with van der Waals surface area (Å²) in [4.78, 5) is 23.5. The Morgan fingerprint density at radius 3 is 2.52 bits per heavy atom. The Morgan fingerprint density at radius 2 is 1.95 bits per heavy atom. The van der Waals surface area contributed by atoms with Crippen LogP contribution in [-0.2, 0) is 19.1 Å². The second kappa shape index (κ2) is 6.26. The van der Waals surface area contributed by atoms with Crippen LogP contribution < -0.4 is 4.74 Å². The quantitative estimate of drug-likeness (QED) is 0.629. The van der Waals surface area contributed by atoms with Gasteiger partial charge in [-0.25, -0.2) is 4.79 Å². The molecule has 1 aromatic carbocycles. The lowest BCUT2D eigenvalue weighted by Crippen LogP contribution is -2.05. The molecule has 0 fully saturated rings. The van der Waals surface area contributed by atoms with E-state index in [9.17, 15) is 9.59 Å². The second-order valence-corrected chi connectivity index (χ2v) is 4.37. The van der Waals surface area contributed by atoms with Gasteiger partial charge in [-0.05, 0) is 38.1 Å². The van der Waals surface area contributed by atoms with E-state index in [1.807, 2.05) is 0 Å². The summed E-state index contributed by atoms with van der Waals surface area (Å²) >= 11 is 0. The fourth-order valence-electron chi connectivity index (χ4n) is 1.92. The Bertz CT molecular complexity index is 623. The number of rotatable bonds is 4. The molecule has 0 saturated carbocycles. The summed E-state index contributed by atoms with van der Waals surface area (Å²) in [5.74, 6) is 0.233. The minimum absolute atomic E-state index is 0.0169. The molecule has 0 bridgehead atoms. The van der Waals surface area contributed by atoms with E-state index < -0.39 is 5.97 Å². The molecule has 1 aliphatic rings. The molecule has 21 heavy (non-hydrogen) atoms. The van der Waals surface area contributed by atoms with Gasteiger partial charge in [0.05, 0.1) is 19.8 Å². The number of carbonyl (C=O) groups excluding carboxylic acids is 2. The Hall–Kier alpha value is -2.56. The van der Waals surface area contributed by atoms with Crippen molar-refractivity contribution >= 4 is 17.5 Å². The normalized spacial score (nSPS) is 16.1. The smallest absolute Gasteiger partial charge is 0.334 e. The van der Waals surface area contributed by atoms with Crippen LogP contribution >= 0.6 is 0 Å². The fourth-order valence-corrected chi connectivity index (χ4v) is 1.92. The number of carbonyl (C=O) groups is 2. The average Bonchev–Trinajstić information content (AvgIpc) is 2.76. The van der Waals surface area contributed by atoms with Crippen molar-refractivity contribution in [3.63, 3.8) is 0 Å². The van der Waals surface area contributed by atoms with Gasteiger partial charge < -0.3 is 14.2 Å². The van der Waals surface area contributed by atoms with E-state index in [4.69, 9.17) is 14.2 Å². The molecule has 110 valence electrons. The van der Waals surface area contributed by atoms with Crippen molar-refractivity contribution in [1.29, 1.82) is 0 Å². The first-order valence-electron chi connectivity index (χ1n) is 6.53. The first-order valence-corrected chi connectivity index (χ1v) is 6.53. The maximum atomic E-state index is 12.1. The highest BCUT2D eigenvalue weighted by Gasteiger charge is 2.29. The van der Waals surface area contributed by atoms with Crippen LogP contribution in [0.2, 0.25) is 0 Å². The molecule has 0 aliphatic carbocycles. The summed E-state index contributed by atoms with van der Waals surface area (Å²) in [5.41, 5.74) is 1.20. The Labute approximate surface area is 122 Å². The Kier molecular flexibility index (Phi) is 4.42. The van der Waals surface area contributed by atoms with Crippen molar-refractivity contribution in [1.82, 2.24) is 0 Å². The summed E-state index contributed by atoms with van der Waals surface area (Å²) in [6.07, 6.45) is 1.08. The number of methoxy groups -OCH3 is 1. The standard InChI is InChI=1S/C16H16O5/c1-4-20-14(17)9-13-15(18)10(2)16(21-13)11-5-7-12(19-3)8-6-11/h5-9H,4H2,1-3H3/b13-9-. The number of hydrogen-bond acceptors (Lipinski definition) is 5. The maximum Gasteiger partial charge on any atom is 0.334 e. The molecule has 0 atom stereocenters. The van der Waals surface area contributed by atoms with Crippen LogP contribution in [0.3, 0.4) is 0 Å². The van der Waals surface area contributed by atoms with E-state index in [1.54, 1.807) is 45.2 Å². The zero-order valence-corrected chi connectivity index (χ0v) is 12.1. The number of allylic oxidation sites excluding steroid dienone is 1. The van der Waals surface area contributed by atoms with Gasteiger partial charge in [0, 0.05) is 11.1 Å². The van der Waals surface area contributed by atoms with Gasteiger partial charge in [0.15, 0.2) is 5.76 Å². The Balaban J connectivity index is 2.25. The third kappa shape index (κ3) is 3.13. The van der Waals surface area contributed by atoms with Crippen molar-refractivity contribution in [3.05, 3.63) is 47.2 Å². The van der Waals surface area contributed by atoms with Crippen LogP contribution in [-0.4, -0.2) is 25.5 Å². The van der Waals surface area contributed by atoms with Gasteiger partial charge in [-0.1, -0.05) is 0 Å². The zero-order valence-electron chi connectivity index (χ0n) is 12.1. The average molecular weight is 288 g/mol. The van der Waals surface area contributed by atoms with Gasteiger partial charge in [-0.2, -0.15) is 0 Å². The summed E-state index contributed by atoms with van der Waals surface area (Å²) in [6, 6.07) is 7.13. The van der Waals surface area contributed by atoms with Crippen molar-refractivity contribution in [2.45, 2.75) is 13.8 Å². The molecule has 1 aliphatic heterocycles. The topological polar surface area (TPSA) is 61.8 Å². The van der Waals surface area contributed by atoms with E-state index in [0.29, 0.717) is 17.1 Å². The highest BCUT2D eigenvalue weighted by molar-refractivity contribution is 6.16. The molecule has 5 nitrogen and oxygen atoms in total. The molecular formula is C16H16O5. The number of benzene rings is 1. The number of ketones is 1. The molecule has 1 heterocycles. The number of esters is 1. The summed E-state index contributed by atoms with van der Waals surface area (Å²) in [5, 5.41) is 0. The van der Waals surface area contributed by atoms with Crippen LogP contribution in [0.25, 0.3) is 5.76 Å². The van der Waals surface area contributed by atoms with E-state index in [-0.39, 0.29) is 18.1 Å². The molecule has 5 heteroatoms. The summed E-state index contributed by atoms with van der Waals surface area (Å²) in [7, 11) is 1.58. The van der Waals surface area contributed by atoms with Crippen LogP contribution in [0.15, 0.2) is 41.7 Å². The lowest BCUT2D eigenvalue weighted by atomic mass is 10.1. The molecule has 2 rings (SSSR count). The van der Waals surface area contributed by atoms with Crippen LogP contribution in [0.4, 0.5) is 0 Å². The SMILES string of the molecule is CCOC(=O)/C=C1\OC(c2ccc(OC)cc2)=C(C)C1=O. The van der Waals surface area contributed by atoms with Crippen molar-refractivity contribution < 1.29 is 23.8 Å². The van der Waals surface area contributed by atoms with E-state index in [1.165, 1.54) is 0 Å². The van der Waals surface area contributed by atoms with Crippen LogP contribution in [0.1, 0.15) is 19.4 Å². The number of hydrogen-bond donors (Lipinski definition) is 0. The number of Topliss-reactive ketones (excluding diaryl/α,β-unsaturated/α-hetero) is 1. The first-order chi connectivity index (χ1) is 10.1. The lowest BCUT2D eigenvalue weighted by Gasteiger charge is -2.06. The van der Waals surface area contributed by atoms with Crippen molar-refractivity contribution in [2.75, 3.05) is 13.7 Å². The van der Waals surface area contributed by atoms with Gasteiger partial charge in [-0.3, -0.25) is 4.79 Å². The monoisotopic (exact) mass is 288 g/mol. The predicted octanol–water partition coefficient (Wildman–Crippen LogP) is 2.47. The number of ether oxygens (including phenoxy) is 3. The minimum atomic E-state index is -0.593. The molecule has 0 amide bonds. The molecular weight excluding hydrogens is 272 g/mol. The van der Waals surface area contributed by atoms with Gasteiger partial charge in [0.1, 0.15) is 11.5 Å². The lowest BCUT2D eigenvalue weighted by molar-refractivity contribution is -0.137. The molecule has 0 saturated heterocycles. The Morgan fingerprint density at radius 1 is 1.29 bits per heavy atom. The molecule has 0 radical (unpaired) electrons. The molecule has 1 aromatic rings. The zero-order chi connectivity index (χ0) is 15.4. The molecule has 0 aromatic heterocycles. The highest BCUT2D eigenvalue weighted by Crippen LogP contribution is 2.32. The van der Waals surface area contributed by atoms with E-state index >= 15 is 0 Å². The van der Waals surface area contributed by atoms with Gasteiger partial charge in [-0.15, -0.1) is 0 Å². The largest absolute Gasteiger partial charge is 0.497 e. The minimum Gasteiger partial charge on any atom is -0.497 e. The molecule has 0 spiro atoms. The van der Waals surface area contributed by atoms with Gasteiger partial charge >= 0.3 is 5.97 Å². The van der Waals surface area contributed by atoms with E-state index in [2.05, 4.69) is 0 Å². The first kappa shape index (κ1) is 14.8.